The number of sulfonamides is 1. The molecule has 0 radical (unpaired) electrons. The van der Waals surface area contributed by atoms with Gasteiger partial charge < -0.3 is 14.6 Å². The lowest BCUT2D eigenvalue weighted by atomic mass is 9.96. The van der Waals surface area contributed by atoms with E-state index in [0.717, 1.165) is 0 Å². The molecule has 2 N–H and O–H groups in total. The number of benzene rings is 2. The molecular weight excluding hydrogens is 330 g/mol. The molecule has 0 aliphatic carbocycles. The van der Waals surface area contributed by atoms with Crippen molar-refractivity contribution in [1.82, 2.24) is 4.72 Å². The molecule has 2 aromatic rings. The Morgan fingerprint density at radius 3 is 2.58 bits per heavy atom. The van der Waals surface area contributed by atoms with Gasteiger partial charge in [-0.1, -0.05) is 36.4 Å². The van der Waals surface area contributed by atoms with Crippen LogP contribution in [0.15, 0.2) is 48.5 Å². The summed E-state index contributed by atoms with van der Waals surface area (Å²) < 4.78 is 37.4. The van der Waals surface area contributed by atoms with Crippen LogP contribution in [-0.2, 0) is 21.4 Å². The van der Waals surface area contributed by atoms with Crippen molar-refractivity contribution in [3.63, 3.8) is 0 Å². The lowest BCUT2D eigenvalue weighted by Gasteiger charge is -2.24. The molecule has 0 saturated carbocycles. The predicted molar refractivity (Wildman–Crippen MR) is 89.2 cm³/mol. The van der Waals surface area contributed by atoms with E-state index in [1.165, 1.54) is 0 Å². The summed E-state index contributed by atoms with van der Waals surface area (Å²) in [4.78, 5) is 0. The largest absolute Gasteiger partial charge is 0.454 e. The lowest BCUT2D eigenvalue weighted by Crippen LogP contribution is -2.39. The van der Waals surface area contributed by atoms with Crippen LogP contribution in [0.25, 0.3) is 0 Å². The molecule has 0 amide bonds. The van der Waals surface area contributed by atoms with Gasteiger partial charge in [0.25, 0.3) is 0 Å². The van der Waals surface area contributed by atoms with Gasteiger partial charge in [-0.15, -0.1) is 0 Å². The van der Waals surface area contributed by atoms with E-state index in [1.807, 2.05) is 6.07 Å². The van der Waals surface area contributed by atoms with Crippen LogP contribution in [0.1, 0.15) is 18.1 Å². The summed E-state index contributed by atoms with van der Waals surface area (Å²) in [6.45, 7) is 1.56. The Labute approximate surface area is 141 Å². The minimum absolute atomic E-state index is 0.134. The zero-order valence-electron chi connectivity index (χ0n) is 13.2. The number of fused-ring (bicyclic) bond motifs is 1. The minimum atomic E-state index is -3.55. The summed E-state index contributed by atoms with van der Waals surface area (Å²) in [7, 11) is -3.55. The molecular formula is C17H19NO5S. The van der Waals surface area contributed by atoms with E-state index in [4.69, 9.17) is 9.47 Å². The number of hydrogen-bond donors (Lipinski definition) is 2. The fourth-order valence-corrected chi connectivity index (χ4v) is 3.66. The molecule has 7 heteroatoms. The summed E-state index contributed by atoms with van der Waals surface area (Å²) in [5, 5.41) is 10.6. The van der Waals surface area contributed by atoms with Gasteiger partial charge in [0.2, 0.25) is 16.8 Å². The zero-order chi connectivity index (χ0) is 17.2. The lowest BCUT2D eigenvalue weighted by molar-refractivity contribution is 0.0625. The van der Waals surface area contributed by atoms with Crippen LogP contribution in [-0.4, -0.2) is 26.9 Å². The SMILES string of the molecule is C[C@](O)(CNS(=O)(=O)Cc1ccccc1)c1ccc2c(c1)OCO2. The molecule has 1 heterocycles. The Morgan fingerprint density at radius 2 is 1.83 bits per heavy atom. The molecule has 24 heavy (non-hydrogen) atoms. The molecule has 3 rings (SSSR count). The molecule has 0 spiro atoms. The van der Waals surface area contributed by atoms with Gasteiger partial charge in [0, 0.05) is 6.54 Å². The molecule has 6 nitrogen and oxygen atoms in total. The van der Waals surface area contributed by atoms with Crippen molar-refractivity contribution in [3.8, 4) is 11.5 Å². The maximum Gasteiger partial charge on any atom is 0.231 e. The quantitative estimate of drug-likeness (QED) is 0.830. The Bertz CT molecular complexity index is 818. The van der Waals surface area contributed by atoms with Gasteiger partial charge in [0.05, 0.1) is 5.75 Å². The third kappa shape index (κ3) is 3.87. The van der Waals surface area contributed by atoms with Gasteiger partial charge in [-0.3, -0.25) is 0 Å². The smallest absolute Gasteiger partial charge is 0.231 e. The highest BCUT2D eigenvalue weighted by Crippen LogP contribution is 2.35. The van der Waals surface area contributed by atoms with Crippen LogP contribution >= 0.6 is 0 Å². The first-order chi connectivity index (χ1) is 11.4. The van der Waals surface area contributed by atoms with Crippen LogP contribution in [0, 0.1) is 0 Å². The highest BCUT2D eigenvalue weighted by atomic mass is 32.2. The van der Waals surface area contributed by atoms with Crippen molar-refractivity contribution >= 4 is 10.0 Å². The second kappa shape index (κ2) is 6.43. The van der Waals surface area contributed by atoms with Gasteiger partial charge >= 0.3 is 0 Å². The molecule has 1 aliphatic heterocycles. The first-order valence-electron chi connectivity index (χ1n) is 7.49. The van der Waals surface area contributed by atoms with Crippen molar-refractivity contribution in [2.75, 3.05) is 13.3 Å². The van der Waals surface area contributed by atoms with Gasteiger partial charge in [0.15, 0.2) is 11.5 Å². The van der Waals surface area contributed by atoms with E-state index in [-0.39, 0.29) is 19.1 Å². The highest BCUT2D eigenvalue weighted by molar-refractivity contribution is 7.88. The van der Waals surface area contributed by atoms with E-state index in [0.29, 0.717) is 22.6 Å². The molecule has 0 bridgehead atoms. The molecule has 1 aliphatic rings. The average molecular weight is 349 g/mol. The second-order valence-electron chi connectivity index (χ2n) is 5.91. The Balaban J connectivity index is 1.68. The van der Waals surface area contributed by atoms with E-state index in [9.17, 15) is 13.5 Å². The highest BCUT2D eigenvalue weighted by Gasteiger charge is 2.28. The molecule has 0 saturated heterocycles. The zero-order valence-corrected chi connectivity index (χ0v) is 14.0. The normalized spacial score (nSPS) is 15.9. The van der Waals surface area contributed by atoms with E-state index in [2.05, 4.69) is 4.72 Å². The van der Waals surface area contributed by atoms with Gasteiger partial charge in [-0.05, 0) is 30.2 Å². The summed E-state index contributed by atoms with van der Waals surface area (Å²) >= 11 is 0. The van der Waals surface area contributed by atoms with Crippen molar-refractivity contribution in [3.05, 3.63) is 59.7 Å². The van der Waals surface area contributed by atoms with Gasteiger partial charge in [-0.2, -0.15) is 0 Å². The van der Waals surface area contributed by atoms with Crippen LogP contribution in [0.3, 0.4) is 0 Å². The first kappa shape index (κ1) is 16.8. The second-order valence-corrected chi connectivity index (χ2v) is 7.71. The molecule has 1 atom stereocenters. The summed E-state index contributed by atoms with van der Waals surface area (Å²) in [6.07, 6.45) is 0. The van der Waals surface area contributed by atoms with Crippen LogP contribution < -0.4 is 14.2 Å². The third-order valence-corrected chi connectivity index (χ3v) is 5.13. The fourth-order valence-electron chi connectivity index (χ4n) is 2.43. The summed E-state index contributed by atoms with van der Waals surface area (Å²) in [5.41, 5.74) is -0.132. The molecule has 0 fully saturated rings. The number of aliphatic hydroxyl groups is 1. The summed E-state index contributed by atoms with van der Waals surface area (Å²) in [5.74, 6) is 1.02. The Hall–Kier alpha value is -2.09. The number of rotatable bonds is 6. The first-order valence-corrected chi connectivity index (χ1v) is 9.15. The van der Waals surface area contributed by atoms with E-state index in [1.54, 1.807) is 49.4 Å². The van der Waals surface area contributed by atoms with E-state index >= 15 is 0 Å². The topological polar surface area (TPSA) is 84.9 Å². The fraction of sp³-hybridized carbons (Fsp3) is 0.294. The molecule has 0 unspecified atom stereocenters. The Kier molecular flexibility index (Phi) is 4.49. The number of ether oxygens (including phenoxy) is 2. The Morgan fingerprint density at radius 1 is 1.12 bits per heavy atom. The molecule has 0 aromatic heterocycles. The molecule has 2 aromatic carbocycles. The van der Waals surface area contributed by atoms with Crippen molar-refractivity contribution < 1.29 is 23.0 Å². The van der Waals surface area contributed by atoms with Crippen molar-refractivity contribution in [1.29, 1.82) is 0 Å². The standard InChI is InChI=1S/C17H19NO5S/c1-17(19,14-7-8-15-16(9-14)23-12-22-15)11-18-24(20,21)10-13-5-3-2-4-6-13/h2-9,18-19H,10-12H2,1H3/t17-/m0/s1. The van der Waals surface area contributed by atoms with Gasteiger partial charge in [0.1, 0.15) is 5.60 Å². The summed E-state index contributed by atoms with van der Waals surface area (Å²) in [6, 6.07) is 13.9. The van der Waals surface area contributed by atoms with Crippen molar-refractivity contribution in [2.24, 2.45) is 0 Å². The average Bonchev–Trinajstić information content (AvgIpc) is 3.01. The predicted octanol–water partition coefficient (Wildman–Crippen LogP) is 1.74. The number of hydrogen-bond acceptors (Lipinski definition) is 5. The van der Waals surface area contributed by atoms with Gasteiger partial charge in [-0.25, -0.2) is 13.1 Å². The van der Waals surface area contributed by atoms with Crippen LogP contribution in [0.2, 0.25) is 0 Å². The maximum atomic E-state index is 12.2. The van der Waals surface area contributed by atoms with E-state index < -0.39 is 15.6 Å². The third-order valence-electron chi connectivity index (χ3n) is 3.83. The van der Waals surface area contributed by atoms with Crippen molar-refractivity contribution in [2.45, 2.75) is 18.3 Å². The minimum Gasteiger partial charge on any atom is -0.454 e. The monoisotopic (exact) mass is 349 g/mol. The molecule has 128 valence electrons. The number of nitrogens with one attached hydrogen (secondary N) is 1. The van der Waals surface area contributed by atoms with Crippen LogP contribution in [0.4, 0.5) is 0 Å². The maximum absolute atomic E-state index is 12.2. The van der Waals surface area contributed by atoms with Crippen LogP contribution in [0.5, 0.6) is 11.5 Å².